The van der Waals surface area contributed by atoms with Crippen molar-refractivity contribution in [2.24, 2.45) is 5.41 Å². The molecule has 0 aliphatic heterocycles. The van der Waals surface area contributed by atoms with E-state index in [1.54, 1.807) is 14.0 Å². The van der Waals surface area contributed by atoms with Crippen LogP contribution < -0.4 is 9.47 Å². The lowest BCUT2D eigenvalue weighted by Crippen LogP contribution is -2.24. The van der Waals surface area contributed by atoms with Crippen molar-refractivity contribution in [1.82, 2.24) is 0 Å². The molecule has 0 amide bonds. The molecule has 0 heterocycles. The van der Waals surface area contributed by atoms with Crippen LogP contribution in [0.4, 0.5) is 0 Å². The van der Waals surface area contributed by atoms with Crippen LogP contribution in [0.2, 0.25) is 0 Å². The number of ketones is 1. The highest BCUT2D eigenvalue weighted by Gasteiger charge is 2.21. The normalized spacial score (nSPS) is 11.1. The van der Waals surface area contributed by atoms with Crippen molar-refractivity contribution in [2.45, 2.75) is 27.2 Å². The highest BCUT2D eigenvalue weighted by Crippen LogP contribution is 2.24. The quantitative estimate of drug-likeness (QED) is 0.761. The fourth-order valence-corrected chi connectivity index (χ4v) is 1.69. The van der Waals surface area contributed by atoms with Gasteiger partial charge in [-0.2, -0.15) is 0 Å². The van der Waals surface area contributed by atoms with Crippen molar-refractivity contribution in [1.29, 1.82) is 0 Å². The minimum Gasteiger partial charge on any atom is -0.497 e. The molecule has 0 saturated heterocycles. The number of methoxy groups -OCH3 is 1. The van der Waals surface area contributed by atoms with Crippen molar-refractivity contribution >= 4 is 5.78 Å². The maximum absolute atomic E-state index is 11.1. The molecule has 1 aromatic rings. The molecule has 0 aliphatic rings. The molecule has 1 aromatic carbocycles. The number of hydrogen-bond acceptors (Lipinski definition) is 3. The van der Waals surface area contributed by atoms with E-state index in [0.29, 0.717) is 13.0 Å². The summed E-state index contributed by atoms with van der Waals surface area (Å²) in [5, 5.41) is 0. The first-order valence-corrected chi connectivity index (χ1v) is 5.69. The van der Waals surface area contributed by atoms with E-state index in [9.17, 15) is 4.79 Å². The molecule has 3 nitrogen and oxygen atoms in total. The topological polar surface area (TPSA) is 35.5 Å². The summed E-state index contributed by atoms with van der Waals surface area (Å²) < 4.78 is 10.8. The van der Waals surface area contributed by atoms with Gasteiger partial charge in [-0.3, -0.25) is 0 Å². The Kier molecular flexibility index (Phi) is 4.55. The Balaban J connectivity index is 2.57. The van der Waals surface area contributed by atoms with Gasteiger partial charge in [-0.05, 0) is 19.1 Å². The van der Waals surface area contributed by atoms with Crippen molar-refractivity contribution in [3.8, 4) is 11.5 Å². The Bertz CT molecular complexity index is 383. The molecular weight excluding hydrogens is 216 g/mol. The molecule has 0 unspecified atom stereocenters. The second kappa shape index (κ2) is 5.71. The van der Waals surface area contributed by atoms with E-state index >= 15 is 0 Å². The number of hydrogen-bond donors (Lipinski definition) is 0. The molecule has 0 bridgehead atoms. The number of ether oxygens (including phenoxy) is 2. The summed E-state index contributed by atoms with van der Waals surface area (Å²) in [6.45, 7) is 6.16. The summed E-state index contributed by atoms with van der Waals surface area (Å²) in [6, 6.07) is 7.47. The summed E-state index contributed by atoms with van der Waals surface area (Å²) in [4.78, 5) is 11.1. The third kappa shape index (κ3) is 4.89. The highest BCUT2D eigenvalue weighted by molar-refractivity contribution is 5.76. The zero-order valence-electron chi connectivity index (χ0n) is 10.9. The summed E-state index contributed by atoms with van der Waals surface area (Å²) in [5.74, 6) is 1.72. The molecule has 0 saturated carbocycles. The van der Waals surface area contributed by atoms with E-state index in [4.69, 9.17) is 9.47 Å². The molecule has 0 aromatic heterocycles. The summed E-state index contributed by atoms with van der Waals surface area (Å²) in [5.41, 5.74) is -0.144. The van der Waals surface area contributed by atoms with E-state index < -0.39 is 0 Å². The summed E-state index contributed by atoms with van der Waals surface area (Å²) in [6.07, 6.45) is 0.525. The van der Waals surface area contributed by atoms with Gasteiger partial charge in [0.2, 0.25) is 0 Å². The van der Waals surface area contributed by atoms with E-state index in [2.05, 4.69) is 0 Å². The number of benzene rings is 1. The lowest BCUT2D eigenvalue weighted by Gasteiger charge is -2.23. The molecule has 0 fully saturated rings. The standard InChI is InChI=1S/C14H20O3/c1-11(15)9-14(2,3)10-17-13-7-5-6-12(8-13)16-4/h5-8H,9-10H2,1-4H3. The SMILES string of the molecule is COc1cccc(OCC(C)(C)CC(C)=O)c1. The molecular formula is C14H20O3. The number of rotatable bonds is 6. The van der Waals surface area contributed by atoms with Crippen molar-refractivity contribution in [3.63, 3.8) is 0 Å². The van der Waals surface area contributed by atoms with Crippen LogP contribution in [-0.2, 0) is 4.79 Å². The fraction of sp³-hybridized carbons (Fsp3) is 0.500. The van der Waals surface area contributed by atoms with Crippen LogP contribution in [0.5, 0.6) is 11.5 Å². The maximum atomic E-state index is 11.1. The van der Waals surface area contributed by atoms with Crippen LogP contribution in [0.25, 0.3) is 0 Å². The Hall–Kier alpha value is -1.51. The first kappa shape index (κ1) is 13.6. The van der Waals surface area contributed by atoms with Crippen LogP contribution >= 0.6 is 0 Å². The zero-order valence-corrected chi connectivity index (χ0v) is 10.9. The van der Waals surface area contributed by atoms with Gasteiger partial charge < -0.3 is 14.3 Å². The van der Waals surface area contributed by atoms with E-state index in [1.165, 1.54) is 0 Å². The number of Topliss-reactive ketones (excluding diaryl/α,β-unsaturated/α-hetero) is 1. The van der Waals surface area contributed by atoms with E-state index in [1.807, 2.05) is 38.1 Å². The second-order valence-electron chi connectivity index (χ2n) is 5.01. The van der Waals surface area contributed by atoms with Gasteiger partial charge in [-0.15, -0.1) is 0 Å². The molecule has 1 rings (SSSR count). The third-order valence-electron chi connectivity index (χ3n) is 2.40. The smallest absolute Gasteiger partial charge is 0.130 e. The van der Waals surface area contributed by atoms with Crippen LogP contribution in [0, 0.1) is 5.41 Å². The van der Waals surface area contributed by atoms with Crippen molar-refractivity contribution in [3.05, 3.63) is 24.3 Å². The van der Waals surface area contributed by atoms with Crippen LogP contribution in [0.15, 0.2) is 24.3 Å². The van der Waals surface area contributed by atoms with Crippen LogP contribution in [0.1, 0.15) is 27.2 Å². The third-order valence-corrected chi connectivity index (χ3v) is 2.40. The minimum atomic E-state index is -0.144. The zero-order chi connectivity index (χ0) is 12.9. The van der Waals surface area contributed by atoms with Crippen molar-refractivity contribution < 1.29 is 14.3 Å². The average Bonchev–Trinajstić information content (AvgIpc) is 2.25. The van der Waals surface area contributed by atoms with Crippen LogP contribution in [-0.4, -0.2) is 19.5 Å². The number of carbonyl (C=O) groups excluding carboxylic acids is 1. The predicted molar refractivity (Wildman–Crippen MR) is 67.6 cm³/mol. The summed E-state index contributed by atoms with van der Waals surface area (Å²) in [7, 11) is 1.62. The van der Waals surface area contributed by atoms with Gasteiger partial charge >= 0.3 is 0 Å². The van der Waals surface area contributed by atoms with Crippen molar-refractivity contribution in [2.75, 3.05) is 13.7 Å². The van der Waals surface area contributed by atoms with Gasteiger partial charge in [0.15, 0.2) is 0 Å². The molecule has 0 aliphatic carbocycles. The Morgan fingerprint density at radius 1 is 1.29 bits per heavy atom. The average molecular weight is 236 g/mol. The predicted octanol–water partition coefficient (Wildman–Crippen LogP) is 3.08. The van der Waals surface area contributed by atoms with E-state index in [0.717, 1.165) is 11.5 Å². The summed E-state index contributed by atoms with van der Waals surface area (Å²) >= 11 is 0. The monoisotopic (exact) mass is 236 g/mol. The largest absolute Gasteiger partial charge is 0.497 e. The molecule has 0 atom stereocenters. The van der Waals surface area contributed by atoms with Gasteiger partial charge in [0.05, 0.1) is 13.7 Å². The minimum absolute atomic E-state index is 0.144. The first-order valence-electron chi connectivity index (χ1n) is 5.69. The molecule has 94 valence electrons. The fourth-order valence-electron chi connectivity index (χ4n) is 1.69. The molecule has 3 heteroatoms. The van der Waals surface area contributed by atoms with Crippen LogP contribution in [0.3, 0.4) is 0 Å². The second-order valence-corrected chi connectivity index (χ2v) is 5.01. The Labute approximate surface area is 103 Å². The Morgan fingerprint density at radius 2 is 1.94 bits per heavy atom. The first-order chi connectivity index (χ1) is 7.93. The Morgan fingerprint density at radius 3 is 2.53 bits per heavy atom. The lowest BCUT2D eigenvalue weighted by atomic mass is 9.89. The maximum Gasteiger partial charge on any atom is 0.130 e. The van der Waals surface area contributed by atoms with E-state index in [-0.39, 0.29) is 11.2 Å². The van der Waals surface area contributed by atoms with Gasteiger partial charge in [0.25, 0.3) is 0 Å². The molecule has 17 heavy (non-hydrogen) atoms. The highest BCUT2D eigenvalue weighted by atomic mass is 16.5. The van der Waals surface area contributed by atoms with Gasteiger partial charge in [0, 0.05) is 17.9 Å². The number of carbonyl (C=O) groups is 1. The molecule has 0 N–H and O–H groups in total. The lowest BCUT2D eigenvalue weighted by molar-refractivity contribution is -0.119. The van der Waals surface area contributed by atoms with Gasteiger partial charge in [-0.25, -0.2) is 0 Å². The van der Waals surface area contributed by atoms with Gasteiger partial charge in [0.1, 0.15) is 17.3 Å². The van der Waals surface area contributed by atoms with Gasteiger partial charge in [-0.1, -0.05) is 19.9 Å². The molecule has 0 spiro atoms. The molecule has 0 radical (unpaired) electrons.